The van der Waals surface area contributed by atoms with Gasteiger partial charge in [-0.1, -0.05) is 0 Å². The first-order valence-electron chi connectivity index (χ1n) is 6.63. The number of hydrogen-bond donors (Lipinski definition) is 1. The van der Waals surface area contributed by atoms with E-state index in [1.165, 1.54) is 0 Å². The van der Waals surface area contributed by atoms with Gasteiger partial charge in [-0.15, -0.1) is 0 Å². The molecule has 0 atom stereocenters. The number of nitrogens with zero attached hydrogens (tertiary/aromatic N) is 1. The Labute approximate surface area is 106 Å². The fraction of sp³-hybridized carbons (Fsp3) is 0.923. The van der Waals surface area contributed by atoms with Gasteiger partial charge in [0.05, 0.1) is 6.61 Å². The molecule has 1 amide bonds. The molecule has 0 aromatic carbocycles. The van der Waals surface area contributed by atoms with Gasteiger partial charge in [-0.2, -0.15) is 0 Å². The monoisotopic (exact) mass is 244 g/mol. The first-order valence-corrected chi connectivity index (χ1v) is 6.63. The highest BCUT2D eigenvalue weighted by molar-refractivity contribution is 5.76. The van der Waals surface area contributed by atoms with E-state index in [1.54, 1.807) is 7.11 Å². The van der Waals surface area contributed by atoms with Crippen molar-refractivity contribution >= 4 is 5.91 Å². The van der Waals surface area contributed by atoms with Crippen molar-refractivity contribution in [2.45, 2.75) is 39.2 Å². The Balaban J connectivity index is 0.00000289. The number of rotatable bonds is 6. The molecule has 1 rings (SSSR count). The zero-order chi connectivity index (χ0) is 12.7. The second-order valence-electron chi connectivity index (χ2n) is 5.12. The Morgan fingerprint density at radius 3 is 2.65 bits per heavy atom. The normalized spacial score (nSPS) is 18.6. The van der Waals surface area contributed by atoms with Crippen LogP contribution in [0.2, 0.25) is 0 Å². The highest BCUT2D eigenvalue weighted by atomic mass is 16.5. The number of hydrogen-bond acceptors (Lipinski definition) is 3. The van der Waals surface area contributed by atoms with Gasteiger partial charge < -0.3 is 15.0 Å². The van der Waals surface area contributed by atoms with E-state index in [0.717, 1.165) is 25.9 Å². The van der Waals surface area contributed by atoms with Gasteiger partial charge in [-0.05, 0) is 45.7 Å². The van der Waals surface area contributed by atoms with Crippen LogP contribution < -0.4 is 5.32 Å². The molecule has 4 heteroatoms. The number of methoxy groups -OCH3 is 1. The number of ether oxygens (including phenoxy) is 1. The maximum atomic E-state index is 11.6. The molecule has 0 saturated carbocycles. The minimum Gasteiger partial charge on any atom is -0.383 e. The SMILES string of the molecule is COCCNC(=O)CC1CCN(C(C)C)CC1.[HH]. The smallest absolute Gasteiger partial charge is 0.220 e. The molecule has 0 bridgehead atoms. The number of piperidine rings is 1. The Bertz CT molecular complexity index is 229. The van der Waals surface area contributed by atoms with Crippen LogP contribution >= 0.6 is 0 Å². The fourth-order valence-corrected chi connectivity index (χ4v) is 2.30. The third-order valence-electron chi connectivity index (χ3n) is 3.48. The molecule has 4 nitrogen and oxygen atoms in total. The number of amides is 1. The Hall–Kier alpha value is -0.610. The zero-order valence-electron chi connectivity index (χ0n) is 11.4. The van der Waals surface area contributed by atoms with Gasteiger partial charge in [0, 0.05) is 27.5 Å². The highest BCUT2D eigenvalue weighted by Crippen LogP contribution is 2.21. The van der Waals surface area contributed by atoms with Crippen LogP contribution in [0.4, 0.5) is 0 Å². The molecule has 1 saturated heterocycles. The molecule has 1 N–H and O–H groups in total. The lowest BCUT2D eigenvalue weighted by Gasteiger charge is -2.34. The molecule has 102 valence electrons. The lowest BCUT2D eigenvalue weighted by Crippen LogP contribution is -2.39. The molecule has 0 spiro atoms. The summed E-state index contributed by atoms with van der Waals surface area (Å²) >= 11 is 0. The third-order valence-corrected chi connectivity index (χ3v) is 3.48. The number of nitrogens with one attached hydrogen (secondary N) is 1. The minimum absolute atomic E-state index is 0. The van der Waals surface area contributed by atoms with E-state index in [1.807, 2.05) is 0 Å². The van der Waals surface area contributed by atoms with E-state index >= 15 is 0 Å². The van der Waals surface area contributed by atoms with Gasteiger partial charge in [0.2, 0.25) is 5.91 Å². The molecular formula is C13H28N2O2. The number of likely N-dealkylation sites (tertiary alicyclic amines) is 1. The summed E-state index contributed by atoms with van der Waals surface area (Å²) in [7, 11) is 1.65. The van der Waals surface area contributed by atoms with Crippen molar-refractivity contribution in [3.8, 4) is 0 Å². The fourth-order valence-electron chi connectivity index (χ4n) is 2.30. The maximum Gasteiger partial charge on any atom is 0.220 e. The first kappa shape index (κ1) is 14.5. The molecule has 0 unspecified atom stereocenters. The van der Waals surface area contributed by atoms with Crippen molar-refractivity contribution in [2.24, 2.45) is 5.92 Å². The van der Waals surface area contributed by atoms with Crippen LogP contribution in [0.1, 0.15) is 34.5 Å². The molecule has 1 aliphatic rings. The Morgan fingerprint density at radius 2 is 2.12 bits per heavy atom. The van der Waals surface area contributed by atoms with E-state index in [9.17, 15) is 4.79 Å². The molecule has 0 aliphatic carbocycles. The first-order chi connectivity index (χ1) is 8.13. The van der Waals surface area contributed by atoms with Gasteiger partial charge in [-0.25, -0.2) is 0 Å². The molecule has 0 aromatic heterocycles. The summed E-state index contributed by atoms with van der Waals surface area (Å²) in [6, 6.07) is 0.631. The molecule has 1 fully saturated rings. The van der Waals surface area contributed by atoms with Gasteiger partial charge in [0.15, 0.2) is 0 Å². The van der Waals surface area contributed by atoms with E-state index in [0.29, 0.717) is 31.5 Å². The Morgan fingerprint density at radius 1 is 1.47 bits per heavy atom. The maximum absolute atomic E-state index is 11.6. The van der Waals surface area contributed by atoms with Gasteiger partial charge >= 0.3 is 0 Å². The number of carbonyl (C=O) groups excluding carboxylic acids is 1. The molecule has 0 aromatic rings. The average Bonchev–Trinajstić information content (AvgIpc) is 2.30. The summed E-state index contributed by atoms with van der Waals surface area (Å²) < 4.78 is 4.90. The van der Waals surface area contributed by atoms with Crippen LogP contribution in [-0.4, -0.2) is 50.2 Å². The van der Waals surface area contributed by atoms with Crippen molar-refractivity contribution < 1.29 is 11.0 Å². The molecule has 0 radical (unpaired) electrons. The standard InChI is InChI=1S/C13H26N2O2.H2/c1-11(2)15-7-4-12(5-8-15)10-13(16)14-6-9-17-3;/h11-12H,4-10H2,1-3H3,(H,14,16);1H. The predicted molar refractivity (Wildman–Crippen MR) is 71.0 cm³/mol. The van der Waals surface area contributed by atoms with Crippen molar-refractivity contribution in [3.63, 3.8) is 0 Å². The van der Waals surface area contributed by atoms with Crippen molar-refractivity contribution in [3.05, 3.63) is 0 Å². The molecule has 1 aliphatic heterocycles. The highest BCUT2D eigenvalue weighted by Gasteiger charge is 2.22. The molecule has 17 heavy (non-hydrogen) atoms. The number of carbonyl (C=O) groups is 1. The predicted octanol–water partition coefficient (Wildman–Crippen LogP) is 1.51. The lowest BCUT2D eigenvalue weighted by molar-refractivity contribution is -0.122. The summed E-state index contributed by atoms with van der Waals surface area (Å²) in [4.78, 5) is 14.1. The summed E-state index contributed by atoms with van der Waals surface area (Å²) in [5.74, 6) is 0.734. The summed E-state index contributed by atoms with van der Waals surface area (Å²) in [5.41, 5.74) is 0. The third kappa shape index (κ3) is 5.50. The average molecular weight is 244 g/mol. The topological polar surface area (TPSA) is 41.6 Å². The van der Waals surface area contributed by atoms with Gasteiger partial charge in [-0.3, -0.25) is 4.79 Å². The molecule has 1 heterocycles. The summed E-state index contributed by atoms with van der Waals surface area (Å²) in [5, 5.41) is 2.89. The second-order valence-corrected chi connectivity index (χ2v) is 5.12. The van der Waals surface area contributed by atoms with Crippen LogP contribution in [-0.2, 0) is 9.53 Å². The van der Waals surface area contributed by atoms with Crippen molar-refractivity contribution in [1.82, 2.24) is 10.2 Å². The van der Waals surface area contributed by atoms with Crippen LogP contribution in [0.3, 0.4) is 0 Å². The Kier molecular flexibility index (Phi) is 6.52. The van der Waals surface area contributed by atoms with Crippen LogP contribution in [0.25, 0.3) is 0 Å². The van der Waals surface area contributed by atoms with Crippen LogP contribution in [0.15, 0.2) is 0 Å². The zero-order valence-corrected chi connectivity index (χ0v) is 11.4. The quantitative estimate of drug-likeness (QED) is 0.720. The van der Waals surface area contributed by atoms with E-state index < -0.39 is 0 Å². The van der Waals surface area contributed by atoms with E-state index in [-0.39, 0.29) is 7.33 Å². The largest absolute Gasteiger partial charge is 0.383 e. The van der Waals surface area contributed by atoms with Gasteiger partial charge in [0.25, 0.3) is 0 Å². The van der Waals surface area contributed by atoms with E-state index in [2.05, 4.69) is 24.1 Å². The summed E-state index contributed by atoms with van der Waals surface area (Å²) in [6.07, 6.45) is 2.97. The summed E-state index contributed by atoms with van der Waals surface area (Å²) in [6.45, 7) is 7.95. The van der Waals surface area contributed by atoms with E-state index in [4.69, 9.17) is 4.74 Å². The van der Waals surface area contributed by atoms with Crippen LogP contribution in [0, 0.1) is 5.92 Å². The van der Waals surface area contributed by atoms with Gasteiger partial charge in [0.1, 0.15) is 0 Å². The lowest BCUT2D eigenvalue weighted by atomic mass is 9.92. The van der Waals surface area contributed by atoms with Crippen molar-refractivity contribution in [2.75, 3.05) is 33.4 Å². The molecular weight excluding hydrogens is 216 g/mol. The van der Waals surface area contributed by atoms with Crippen LogP contribution in [0.5, 0.6) is 0 Å². The second kappa shape index (κ2) is 7.67. The van der Waals surface area contributed by atoms with Crippen molar-refractivity contribution in [1.29, 1.82) is 0 Å². The minimum atomic E-state index is 0.